The number of amidine groups is 1. The van der Waals surface area contributed by atoms with Crippen LogP contribution in [-0.4, -0.2) is 28.8 Å². The number of aliphatic imine (C=N–C) groups is 1. The van der Waals surface area contributed by atoms with E-state index in [1.807, 2.05) is 43.3 Å². The van der Waals surface area contributed by atoms with Crippen molar-refractivity contribution >= 4 is 51.7 Å². The zero-order valence-corrected chi connectivity index (χ0v) is 17.0. The summed E-state index contributed by atoms with van der Waals surface area (Å²) in [5.74, 6) is -0.306. The molecule has 1 atom stereocenters. The molecule has 144 valence electrons. The number of fused-ring (bicyclic) bond motifs is 1. The van der Waals surface area contributed by atoms with Crippen molar-refractivity contribution in [2.75, 3.05) is 16.8 Å². The quantitative estimate of drug-likeness (QED) is 0.808. The summed E-state index contributed by atoms with van der Waals surface area (Å²) in [6.07, 6.45) is 2.06. The Morgan fingerprint density at radius 1 is 1.29 bits per heavy atom. The highest BCUT2D eigenvalue weighted by Gasteiger charge is 2.33. The molecule has 2 heterocycles. The lowest BCUT2D eigenvalue weighted by atomic mass is 10.0. The molecule has 1 N–H and O–H groups in total. The van der Waals surface area contributed by atoms with Crippen molar-refractivity contribution in [3.05, 3.63) is 58.6 Å². The zero-order chi connectivity index (χ0) is 19.7. The molecule has 4 rings (SSSR count). The highest BCUT2D eigenvalue weighted by molar-refractivity contribution is 8.15. The SMILES string of the molecule is Cc1c(Cl)cccc1NC1=NC(=O)C(CC(=O)N2CCCc3ccccc32)S1. The summed E-state index contributed by atoms with van der Waals surface area (Å²) < 4.78 is 0. The van der Waals surface area contributed by atoms with Gasteiger partial charge in [0.1, 0.15) is 5.25 Å². The number of carbonyl (C=O) groups is 2. The first-order valence-electron chi connectivity index (χ1n) is 9.22. The molecular weight excluding hydrogens is 394 g/mol. The highest BCUT2D eigenvalue weighted by Crippen LogP contribution is 2.32. The van der Waals surface area contributed by atoms with Crippen LogP contribution < -0.4 is 10.2 Å². The minimum atomic E-state index is -0.497. The normalized spacial score (nSPS) is 18.6. The lowest BCUT2D eigenvalue weighted by molar-refractivity contribution is -0.122. The smallest absolute Gasteiger partial charge is 0.262 e. The predicted molar refractivity (Wildman–Crippen MR) is 115 cm³/mol. The Balaban J connectivity index is 1.43. The molecule has 0 saturated carbocycles. The van der Waals surface area contributed by atoms with E-state index in [4.69, 9.17) is 11.6 Å². The molecule has 2 amide bonds. The molecule has 1 unspecified atom stereocenters. The van der Waals surface area contributed by atoms with Crippen LogP contribution in [0.15, 0.2) is 47.5 Å². The van der Waals surface area contributed by atoms with Gasteiger partial charge < -0.3 is 10.2 Å². The number of thioether (sulfide) groups is 1. The number of rotatable bonds is 3. The van der Waals surface area contributed by atoms with Gasteiger partial charge in [-0.05, 0) is 49.1 Å². The van der Waals surface area contributed by atoms with Crippen molar-refractivity contribution in [3.63, 3.8) is 0 Å². The summed E-state index contributed by atoms with van der Waals surface area (Å²) in [7, 11) is 0. The molecule has 28 heavy (non-hydrogen) atoms. The first kappa shape index (κ1) is 19.0. The second-order valence-corrected chi connectivity index (χ2v) is 8.48. The Kier molecular flexibility index (Phi) is 5.42. The van der Waals surface area contributed by atoms with E-state index >= 15 is 0 Å². The predicted octanol–water partition coefficient (Wildman–Crippen LogP) is 4.43. The van der Waals surface area contributed by atoms with Crippen molar-refractivity contribution < 1.29 is 9.59 Å². The van der Waals surface area contributed by atoms with Crippen LogP contribution in [0.3, 0.4) is 0 Å². The molecule has 0 saturated heterocycles. The van der Waals surface area contributed by atoms with Crippen molar-refractivity contribution in [1.29, 1.82) is 0 Å². The number of para-hydroxylation sites is 1. The van der Waals surface area contributed by atoms with Gasteiger partial charge in [-0.1, -0.05) is 47.6 Å². The minimum absolute atomic E-state index is 0.0339. The molecule has 5 nitrogen and oxygen atoms in total. The third-order valence-electron chi connectivity index (χ3n) is 5.02. The molecule has 2 aromatic carbocycles. The van der Waals surface area contributed by atoms with Gasteiger partial charge in [0.2, 0.25) is 5.91 Å². The number of halogens is 1. The second-order valence-electron chi connectivity index (χ2n) is 6.88. The van der Waals surface area contributed by atoms with E-state index in [0.29, 0.717) is 16.7 Å². The van der Waals surface area contributed by atoms with E-state index in [2.05, 4.69) is 16.4 Å². The van der Waals surface area contributed by atoms with E-state index in [0.717, 1.165) is 29.8 Å². The van der Waals surface area contributed by atoms with Crippen molar-refractivity contribution in [3.8, 4) is 0 Å². The molecule has 7 heteroatoms. The molecular formula is C21H20ClN3O2S. The standard InChI is InChI=1S/C21H20ClN3O2S/c1-13-15(22)8-4-9-16(13)23-21-24-20(27)18(28-21)12-19(26)25-11-5-7-14-6-2-3-10-17(14)25/h2-4,6,8-10,18H,5,7,11-12H2,1H3,(H,23,24,27). The number of aryl methyl sites for hydroxylation is 1. The summed E-state index contributed by atoms with van der Waals surface area (Å²) in [6, 6.07) is 13.5. The van der Waals surface area contributed by atoms with Gasteiger partial charge in [-0.2, -0.15) is 4.99 Å². The maximum Gasteiger partial charge on any atom is 0.262 e. The lowest BCUT2D eigenvalue weighted by Crippen LogP contribution is -2.37. The fourth-order valence-electron chi connectivity index (χ4n) is 3.49. The van der Waals surface area contributed by atoms with Crippen molar-refractivity contribution in [1.82, 2.24) is 0 Å². The molecule has 2 aromatic rings. The molecule has 0 aromatic heterocycles. The minimum Gasteiger partial charge on any atom is -0.334 e. The van der Waals surface area contributed by atoms with Gasteiger partial charge in [-0.15, -0.1) is 0 Å². The Labute approximate surface area is 173 Å². The molecule has 2 aliphatic rings. The van der Waals surface area contributed by atoms with Crippen LogP contribution in [-0.2, 0) is 16.0 Å². The first-order valence-corrected chi connectivity index (χ1v) is 10.5. The van der Waals surface area contributed by atoms with Crippen LogP contribution in [0.1, 0.15) is 24.0 Å². The number of hydrogen-bond donors (Lipinski definition) is 1. The van der Waals surface area contributed by atoms with E-state index in [1.165, 1.54) is 17.3 Å². The Hall–Kier alpha value is -2.31. The van der Waals surface area contributed by atoms with Gasteiger partial charge in [0, 0.05) is 29.4 Å². The Bertz CT molecular complexity index is 976. The first-order chi connectivity index (χ1) is 13.5. The fraction of sp³-hybridized carbons (Fsp3) is 0.286. The number of nitrogens with zero attached hydrogens (tertiary/aromatic N) is 2. The van der Waals surface area contributed by atoms with Gasteiger partial charge in [0.25, 0.3) is 5.91 Å². The highest BCUT2D eigenvalue weighted by atomic mass is 35.5. The van der Waals surface area contributed by atoms with E-state index in [-0.39, 0.29) is 18.2 Å². The maximum atomic E-state index is 12.9. The lowest BCUT2D eigenvalue weighted by Gasteiger charge is -2.30. The number of amides is 2. The molecule has 0 bridgehead atoms. The Morgan fingerprint density at radius 3 is 2.96 bits per heavy atom. The van der Waals surface area contributed by atoms with Crippen LogP contribution in [0.25, 0.3) is 0 Å². The number of anilines is 2. The Morgan fingerprint density at radius 2 is 2.11 bits per heavy atom. The maximum absolute atomic E-state index is 12.9. The number of benzene rings is 2. The number of nitrogens with one attached hydrogen (secondary N) is 1. The van der Waals surface area contributed by atoms with E-state index in [1.54, 1.807) is 4.90 Å². The topological polar surface area (TPSA) is 61.8 Å². The van der Waals surface area contributed by atoms with Crippen LogP contribution >= 0.6 is 23.4 Å². The van der Waals surface area contributed by atoms with Crippen molar-refractivity contribution in [2.45, 2.75) is 31.4 Å². The van der Waals surface area contributed by atoms with Gasteiger partial charge >= 0.3 is 0 Å². The monoisotopic (exact) mass is 413 g/mol. The van der Waals surface area contributed by atoms with Gasteiger partial charge in [-0.3, -0.25) is 9.59 Å². The summed E-state index contributed by atoms with van der Waals surface area (Å²) in [6.45, 7) is 2.59. The second kappa shape index (κ2) is 7.97. The molecule has 0 spiro atoms. The van der Waals surface area contributed by atoms with E-state index < -0.39 is 5.25 Å². The van der Waals surface area contributed by atoms with Crippen molar-refractivity contribution in [2.24, 2.45) is 4.99 Å². The molecule has 2 aliphatic heterocycles. The fourth-order valence-corrected chi connectivity index (χ4v) is 4.62. The average molecular weight is 414 g/mol. The summed E-state index contributed by atoms with van der Waals surface area (Å²) in [5.41, 5.74) is 3.85. The van der Waals surface area contributed by atoms with Crippen LogP contribution in [0.5, 0.6) is 0 Å². The number of hydrogen-bond acceptors (Lipinski definition) is 4. The van der Waals surface area contributed by atoms with Crippen LogP contribution in [0.2, 0.25) is 5.02 Å². The largest absolute Gasteiger partial charge is 0.334 e. The summed E-state index contributed by atoms with van der Waals surface area (Å²) in [4.78, 5) is 31.1. The number of carbonyl (C=O) groups excluding carboxylic acids is 2. The summed E-state index contributed by atoms with van der Waals surface area (Å²) >= 11 is 7.45. The molecule has 0 fully saturated rings. The van der Waals surface area contributed by atoms with Gasteiger partial charge in [-0.25, -0.2) is 0 Å². The third-order valence-corrected chi connectivity index (χ3v) is 6.50. The van der Waals surface area contributed by atoms with Gasteiger partial charge in [0.15, 0.2) is 5.17 Å². The van der Waals surface area contributed by atoms with Crippen LogP contribution in [0, 0.1) is 6.92 Å². The average Bonchev–Trinajstić information content (AvgIpc) is 3.03. The zero-order valence-electron chi connectivity index (χ0n) is 15.4. The summed E-state index contributed by atoms with van der Waals surface area (Å²) in [5, 5.41) is 3.82. The molecule has 0 radical (unpaired) electrons. The van der Waals surface area contributed by atoms with Crippen LogP contribution in [0.4, 0.5) is 11.4 Å². The van der Waals surface area contributed by atoms with E-state index in [9.17, 15) is 9.59 Å². The third kappa shape index (κ3) is 3.80. The van der Waals surface area contributed by atoms with Gasteiger partial charge in [0.05, 0.1) is 0 Å². The molecule has 0 aliphatic carbocycles.